The van der Waals surface area contributed by atoms with Gasteiger partial charge >= 0.3 is 12.1 Å². The predicted molar refractivity (Wildman–Crippen MR) is 175 cm³/mol. The average Bonchev–Trinajstić information content (AvgIpc) is 3.70. The minimum Gasteiger partial charge on any atom is -0.478 e. The smallest absolute Gasteiger partial charge is 0.402 e. The van der Waals surface area contributed by atoms with Gasteiger partial charge in [-0.3, -0.25) is 14.3 Å². The summed E-state index contributed by atoms with van der Waals surface area (Å²) in [5.74, 6) is -8.17. The van der Waals surface area contributed by atoms with Crippen molar-refractivity contribution < 1.29 is 55.0 Å². The maximum absolute atomic E-state index is 15.2. The number of amides is 2. The molecule has 1 aromatic heterocycles. The van der Waals surface area contributed by atoms with Crippen molar-refractivity contribution in [1.82, 2.24) is 19.6 Å². The second-order valence-electron chi connectivity index (χ2n) is 15.0. The van der Waals surface area contributed by atoms with E-state index in [4.69, 9.17) is 4.74 Å². The standard InChI is InChI=1S/C37H39F7N4O5/c1-34(2,37(42,43)44)33(52)47-20-35(21-47)19-46(31(49)24-13-45-48(15-24)14-22-3-5-26(38)6-4-22)16-25(35)17-53-18-28-29(39)8-7-27(30(28)32(50)51)23-9-11-36(40,41)12-10-23/h3-8,13,15,23,25H,9-12,14,16-21H2,1-2H3,(H,50,51)/t25-/m0/s1. The maximum Gasteiger partial charge on any atom is 0.402 e. The zero-order valence-electron chi connectivity index (χ0n) is 29.1. The lowest BCUT2D eigenvalue weighted by Crippen LogP contribution is -2.66. The molecular formula is C37H39F7N4O5. The van der Waals surface area contributed by atoms with Crippen molar-refractivity contribution in [3.63, 3.8) is 0 Å². The number of hydrogen-bond donors (Lipinski definition) is 1. The monoisotopic (exact) mass is 752 g/mol. The van der Waals surface area contributed by atoms with Crippen LogP contribution in [0.1, 0.15) is 82.9 Å². The number of hydrogen-bond acceptors (Lipinski definition) is 5. The van der Waals surface area contributed by atoms with Crippen molar-refractivity contribution in [2.75, 3.05) is 32.8 Å². The molecule has 3 aliphatic rings. The zero-order chi connectivity index (χ0) is 38.5. The molecule has 3 fully saturated rings. The van der Waals surface area contributed by atoms with Crippen molar-refractivity contribution in [1.29, 1.82) is 0 Å². The summed E-state index contributed by atoms with van der Waals surface area (Å²) in [6, 6.07) is 8.14. The summed E-state index contributed by atoms with van der Waals surface area (Å²) in [5, 5.41) is 14.3. The molecule has 0 unspecified atom stereocenters. The second-order valence-corrected chi connectivity index (χ2v) is 15.0. The molecule has 53 heavy (non-hydrogen) atoms. The van der Waals surface area contributed by atoms with Crippen LogP contribution in [0, 0.1) is 28.4 Å². The number of carboxylic acid groups (broad SMARTS) is 1. The minimum atomic E-state index is -4.81. The molecule has 1 N–H and O–H groups in total. The highest BCUT2D eigenvalue weighted by Crippen LogP contribution is 2.48. The quantitative estimate of drug-likeness (QED) is 0.226. The summed E-state index contributed by atoms with van der Waals surface area (Å²) >= 11 is 0. The fourth-order valence-electron chi connectivity index (χ4n) is 7.70. The predicted octanol–water partition coefficient (Wildman–Crippen LogP) is 6.91. The van der Waals surface area contributed by atoms with Crippen LogP contribution in [0.4, 0.5) is 30.7 Å². The molecule has 9 nitrogen and oxygen atoms in total. The molecule has 3 aromatic rings. The van der Waals surface area contributed by atoms with Gasteiger partial charge in [-0.25, -0.2) is 22.4 Å². The summed E-state index contributed by atoms with van der Waals surface area (Å²) in [7, 11) is 0. The minimum absolute atomic E-state index is 0.0270. The third-order valence-electron chi connectivity index (χ3n) is 11.0. The average molecular weight is 753 g/mol. The Labute approximate surface area is 300 Å². The zero-order valence-corrected chi connectivity index (χ0v) is 29.1. The van der Waals surface area contributed by atoms with Gasteiger partial charge in [0, 0.05) is 62.1 Å². The van der Waals surface area contributed by atoms with Crippen LogP contribution in [0.2, 0.25) is 0 Å². The van der Waals surface area contributed by atoms with Crippen LogP contribution in [-0.2, 0) is 22.7 Å². The fraction of sp³-hybridized carbons (Fsp3) is 0.514. The van der Waals surface area contributed by atoms with E-state index in [1.54, 1.807) is 12.1 Å². The molecule has 1 atom stereocenters. The van der Waals surface area contributed by atoms with Gasteiger partial charge in [-0.1, -0.05) is 18.2 Å². The number of aromatic carboxylic acids is 1. The summed E-state index contributed by atoms with van der Waals surface area (Å²) < 4.78 is 105. The Hall–Kier alpha value is -4.47. The van der Waals surface area contributed by atoms with Gasteiger partial charge in [-0.05, 0) is 61.9 Å². The van der Waals surface area contributed by atoms with E-state index in [1.165, 1.54) is 40.2 Å². The molecule has 0 bridgehead atoms. The van der Waals surface area contributed by atoms with Gasteiger partial charge in [0.15, 0.2) is 0 Å². The van der Waals surface area contributed by atoms with Gasteiger partial charge in [0.1, 0.15) is 17.0 Å². The highest BCUT2D eigenvalue weighted by Gasteiger charge is 2.61. The summed E-state index contributed by atoms with van der Waals surface area (Å²) in [4.78, 5) is 41.7. The van der Waals surface area contributed by atoms with Crippen molar-refractivity contribution in [3.05, 3.63) is 88.2 Å². The Morgan fingerprint density at radius 2 is 1.60 bits per heavy atom. The van der Waals surface area contributed by atoms with Crippen LogP contribution in [0.5, 0.6) is 0 Å². The molecule has 2 aromatic carbocycles. The molecule has 2 aliphatic heterocycles. The van der Waals surface area contributed by atoms with Crippen LogP contribution in [0.15, 0.2) is 48.8 Å². The van der Waals surface area contributed by atoms with E-state index in [1.807, 2.05) is 0 Å². The molecule has 2 saturated heterocycles. The van der Waals surface area contributed by atoms with E-state index in [2.05, 4.69) is 5.10 Å². The molecule has 1 aliphatic carbocycles. The van der Waals surface area contributed by atoms with Crippen LogP contribution in [0.3, 0.4) is 0 Å². The number of carbonyl (C=O) groups excluding carboxylic acids is 2. The molecule has 3 heterocycles. The maximum atomic E-state index is 15.2. The van der Waals surface area contributed by atoms with Gasteiger partial charge in [0.25, 0.3) is 5.91 Å². The topological polar surface area (TPSA) is 105 Å². The van der Waals surface area contributed by atoms with E-state index in [0.717, 1.165) is 30.4 Å². The lowest BCUT2D eigenvalue weighted by molar-refractivity contribution is -0.223. The molecule has 0 radical (unpaired) electrons. The number of carboxylic acids is 1. The normalized spacial score (nSPS) is 20.1. The van der Waals surface area contributed by atoms with Crippen LogP contribution < -0.4 is 0 Å². The summed E-state index contributed by atoms with van der Waals surface area (Å²) in [6.45, 7) is 1.11. The number of benzene rings is 2. The summed E-state index contributed by atoms with van der Waals surface area (Å²) in [5.41, 5.74) is -2.95. The summed E-state index contributed by atoms with van der Waals surface area (Å²) in [6.07, 6.45) is -2.72. The number of ether oxygens (including phenoxy) is 1. The first-order valence-corrected chi connectivity index (χ1v) is 17.2. The molecule has 6 rings (SSSR count). The number of alkyl halides is 5. The van der Waals surface area contributed by atoms with Gasteiger partial charge in [0.2, 0.25) is 11.8 Å². The lowest BCUT2D eigenvalue weighted by Gasteiger charge is -2.52. The third kappa shape index (κ3) is 7.64. The van der Waals surface area contributed by atoms with Gasteiger partial charge in [0.05, 0.1) is 37.1 Å². The van der Waals surface area contributed by atoms with Gasteiger partial charge in [-0.15, -0.1) is 0 Å². The van der Waals surface area contributed by atoms with Crippen molar-refractivity contribution in [2.24, 2.45) is 16.7 Å². The van der Waals surface area contributed by atoms with E-state index in [-0.39, 0.29) is 74.4 Å². The highest BCUT2D eigenvalue weighted by atomic mass is 19.4. The third-order valence-corrected chi connectivity index (χ3v) is 11.0. The van der Waals surface area contributed by atoms with Crippen molar-refractivity contribution in [3.8, 4) is 0 Å². The molecular weight excluding hydrogens is 713 g/mol. The lowest BCUT2D eigenvalue weighted by atomic mass is 9.70. The Balaban J connectivity index is 1.20. The first kappa shape index (κ1) is 38.3. The largest absolute Gasteiger partial charge is 0.478 e. The Kier molecular flexibility index (Phi) is 10.2. The number of aromatic nitrogens is 2. The van der Waals surface area contributed by atoms with Crippen LogP contribution in [0.25, 0.3) is 0 Å². The van der Waals surface area contributed by atoms with Crippen LogP contribution >= 0.6 is 0 Å². The van der Waals surface area contributed by atoms with Gasteiger partial charge < -0.3 is 19.6 Å². The van der Waals surface area contributed by atoms with Crippen LogP contribution in [-0.4, -0.2) is 87.4 Å². The highest BCUT2D eigenvalue weighted by molar-refractivity contribution is 5.94. The van der Waals surface area contributed by atoms with E-state index in [0.29, 0.717) is 0 Å². The SMILES string of the molecule is CC(C)(C(=O)N1CC2(CN(C(=O)c3cnn(Cc4ccc(F)cc4)c3)C[C@H]2COCc2c(F)ccc(C3CCC(F)(F)CC3)c2C(=O)O)C1)C(F)(F)F. The molecule has 1 spiro atoms. The van der Waals surface area contributed by atoms with Gasteiger partial charge in [-0.2, -0.15) is 18.3 Å². The van der Waals surface area contributed by atoms with Crippen molar-refractivity contribution in [2.45, 2.75) is 70.7 Å². The molecule has 2 amide bonds. The van der Waals surface area contributed by atoms with E-state index < -0.39 is 83.6 Å². The first-order valence-electron chi connectivity index (χ1n) is 17.2. The Morgan fingerprint density at radius 3 is 2.23 bits per heavy atom. The number of likely N-dealkylation sites (tertiary alicyclic amines) is 2. The second kappa shape index (κ2) is 14.1. The molecule has 1 saturated carbocycles. The van der Waals surface area contributed by atoms with E-state index in [9.17, 15) is 45.8 Å². The first-order chi connectivity index (χ1) is 24.8. The molecule has 286 valence electrons. The number of halogens is 7. The Bertz CT molecular complexity index is 1860. The molecule has 16 heteroatoms. The van der Waals surface area contributed by atoms with Crippen molar-refractivity contribution >= 4 is 17.8 Å². The number of rotatable bonds is 10. The number of carbonyl (C=O) groups is 3. The number of nitrogens with zero attached hydrogens (tertiary/aromatic N) is 4. The Morgan fingerprint density at radius 1 is 0.962 bits per heavy atom. The fourth-order valence-corrected chi connectivity index (χ4v) is 7.70. The van der Waals surface area contributed by atoms with E-state index >= 15 is 4.39 Å².